The molecule has 0 amide bonds. The highest BCUT2D eigenvalue weighted by atomic mass is 16.5. The summed E-state index contributed by atoms with van der Waals surface area (Å²) in [5.41, 5.74) is 4.58. The number of ether oxygens (including phenoxy) is 1. The van der Waals surface area contributed by atoms with Crippen LogP contribution in [0.15, 0.2) is 12.1 Å². The lowest BCUT2D eigenvalue weighted by molar-refractivity contribution is -0.133. The second kappa shape index (κ2) is 7.82. The Balaban J connectivity index is 1.84. The quantitative estimate of drug-likeness (QED) is 0.754. The van der Waals surface area contributed by atoms with Crippen LogP contribution in [-0.2, 0) is 27.2 Å². The summed E-state index contributed by atoms with van der Waals surface area (Å²) in [4.78, 5) is 25.9. The zero-order valence-corrected chi connectivity index (χ0v) is 15.8. The van der Waals surface area contributed by atoms with E-state index in [-0.39, 0.29) is 17.5 Å². The molecular weight excluding hydrogens is 312 g/mol. The van der Waals surface area contributed by atoms with Crippen LogP contribution in [0.3, 0.4) is 0 Å². The Bertz CT molecular complexity index is 612. The molecule has 0 N–H and O–H groups in total. The first kappa shape index (κ1) is 18.3. The zero-order valence-electron chi connectivity index (χ0n) is 15.8. The largest absolute Gasteiger partial charge is 0.381 e. The molecule has 2 fully saturated rings. The van der Waals surface area contributed by atoms with Crippen molar-refractivity contribution in [3.05, 3.63) is 34.4 Å². The fraction of sp³-hybridized carbons (Fsp3) is 0.636. The lowest BCUT2D eigenvalue weighted by Crippen LogP contribution is -2.34. The van der Waals surface area contributed by atoms with Gasteiger partial charge >= 0.3 is 0 Å². The first-order valence-corrected chi connectivity index (χ1v) is 9.78. The molecule has 136 valence electrons. The lowest BCUT2D eigenvalue weighted by atomic mass is 9.71. The summed E-state index contributed by atoms with van der Waals surface area (Å²) in [6, 6.07) is 4.30. The van der Waals surface area contributed by atoms with Gasteiger partial charge in [-0.05, 0) is 61.1 Å². The smallest absolute Gasteiger partial charge is 0.148 e. The van der Waals surface area contributed by atoms with Crippen LogP contribution in [0.25, 0.3) is 0 Å². The van der Waals surface area contributed by atoms with Crippen molar-refractivity contribution in [3.63, 3.8) is 0 Å². The Labute approximate surface area is 151 Å². The van der Waals surface area contributed by atoms with Crippen LogP contribution in [0.1, 0.15) is 67.7 Å². The number of ketones is 2. The molecule has 0 aromatic heterocycles. The third kappa shape index (κ3) is 3.87. The number of benzene rings is 1. The number of carbonyl (C=O) groups is 2. The third-order valence-electron chi connectivity index (χ3n) is 5.86. The van der Waals surface area contributed by atoms with Crippen LogP contribution in [-0.4, -0.2) is 24.8 Å². The Hall–Kier alpha value is -1.48. The van der Waals surface area contributed by atoms with E-state index in [1.165, 1.54) is 16.7 Å². The highest BCUT2D eigenvalue weighted by Gasteiger charge is 2.39. The minimum Gasteiger partial charge on any atom is -0.381 e. The van der Waals surface area contributed by atoms with Crippen LogP contribution in [0.2, 0.25) is 0 Å². The second-order valence-corrected chi connectivity index (χ2v) is 7.81. The summed E-state index contributed by atoms with van der Waals surface area (Å²) in [6.07, 6.45) is 4.85. The molecule has 2 aliphatic rings. The van der Waals surface area contributed by atoms with Gasteiger partial charge in [0.25, 0.3) is 0 Å². The Morgan fingerprint density at radius 1 is 1.00 bits per heavy atom. The monoisotopic (exact) mass is 342 g/mol. The van der Waals surface area contributed by atoms with E-state index in [2.05, 4.69) is 32.9 Å². The molecule has 1 heterocycles. The summed E-state index contributed by atoms with van der Waals surface area (Å²) in [7, 11) is 0. The molecule has 0 spiro atoms. The van der Waals surface area contributed by atoms with E-state index in [0.29, 0.717) is 18.8 Å². The molecule has 1 aliphatic heterocycles. The summed E-state index contributed by atoms with van der Waals surface area (Å²) < 4.78 is 5.44. The van der Waals surface area contributed by atoms with Gasteiger partial charge in [-0.2, -0.15) is 0 Å². The number of aryl methyl sites for hydroxylation is 3. The van der Waals surface area contributed by atoms with Gasteiger partial charge in [0.15, 0.2) is 0 Å². The molecule has 3 rings (SSSR count). The number of rotatable bonds is 5. The number of Topliss-reactive ketones (excluding diaryl/α,β-unsaturated/α-hetero) is 2. The molecule has 1 aromatic carbocycles. The molecule has 1 aliphatic carbocycles. The molecule has 1 aromatic rings. The van der Waals surface area contributed by atoms with Crippen molar-refractivity contribution in [2.24, 2.45) is 11.8 Å². The SMILES string of the molecule is CCc1cc(C)cc(CC)c1C1C(=O)CC(CC2CCOC2)CC1=O. The Morgan fingerprint density at radius 3 is 2.08 bits per heavy atom. The predicted octanol–water partition coefficient (Wildman–Crippen LogP) is 4.18. The Morgan fingerprint density at radius 2 is 1.60 bits per heavy atom. The van der Waals surface area contributed by atoms with Gasteiger partial charge in [0, 0.05) is 26.1 Å². The van der Waals surface area contributed by atoms with E-state index in [1.807, 2.05) is 0 Å². The third-order valence-corrected chi connectivity index (χ3v) is 5.86. The fourth-order valence-corrected chi connectivity index (χ4v) is 4.69. The van der Waals surface area contributed by atoms with Crippen molar-refractivity contribution in [3.8, 4) is 0 Å². The molecular formula is C22H30O3. The van der Waals surface area contributed by atoms with Gasteiger partial charge in [-0.1, -0.05) is 31.5 Å². The highest BCUT2D eigenvalue weighted by Crippen LogP contribution is 2.38. The molecule has 0 radical (unpaired) electrons. The van der Waals surface area contributed by atoms with E-state index < -0.39 is 5.92 Å². The lowest BCUT2D eigenvalue weighted by Gasteiger charge is -2.30. The highest BCUT2D eigenvalue weighted by molar-refractivity contribution is 6.10. The van der Waals surface area contributed by atoms with E-state index in [4.69, 9.17) is 4.74 Å². The van der Waals surface area contributed by atoms with Gasteiger partial charge in [-0.3, -0.25) is 9.59 Å². The number of hydrogen-bond donors (Lipinski definition) is 0. The maximum atomic E-state index is 13.0. The number of hydrogen-bond acceptors (Lipinski definition) is 3. The van der Waals surface area contributed by atoms with Crippen LogP contribution >= 0.6 is 0 Å². The van der Waals surface area contributed by atoms with Crippen molar-refractivity contribution in [2.45, 2.75) is 65.2 Å². The van der Waals surface area contributed by atoms with Crippen molar-refractivity contribution in [1.29, 1.82) is 0 Å². The molecule has 25 heavy (non-hydrogen) atoms. The topological polar surface area (TPSA) is 43.4 Å². The van der Waals surface area contributed by atoms with Gasteiger partial charge in [0.2, 0.25) is 0 Å². The molecule has 1 saturated heterocycles. The summed E-state index contributed by atoms with van der Waals surface area (Å²) >= 11 is 0. The molecule has 0 bridgehead atoms. The summed E-state index contributed by atoms with van der Waals surface area (Å²) in [5.74, 6) is 0.478. The minimum absolute atomic E-state index is 0.133. The Kier molecular flexibility index (Phi) is 5.73. The maximum Gasteiger partial charge on any atom is 0.148 e. The van der Waals surface area contributed by atoms with E-state index >= 15 is 0 Å². The van der Waals surface area contributed by atoms with Gasteiger partial charge in [0.05, 0.1) is 0 Å². The van der Waals surface area contributed by atoms with Gasteiger partial charge in [-0.15, -0.1) is 0 Å². The maximum absolute atomic E-state index is 13.0. The number of carbonyl (C=O) groups excluding carboxylic acids is 2. The van der Waals surface area contributed by atoms with E-state index in [0.717, 1.165) is 44.5 Å². The molecule has 1 saturated carbocycles. The summed E-state index contributed by atoms with van der Waals surface area (Å²) in [5, 5.41) is 0. The average molecular weight is 342 g/mol. The van der Waals surface area contributed by atoms with Crippen LogP contribution < -0.4 is 0 Å². The molecule has 3 heteroatoms. The summed E-state index contributed by atoms with van der Waals surface area (Å²) in [6.45, 7) is 7.92. The molecule has 3 nitrogen and oxygen atoms in total. The van der Waals surface area contributed by atoms with Gasteiger partial charge in [-0.25, -0.2) is 0 Å². The molecule has 1 atom stereocenters. The van der Waals surface area contributed by atoms with Crippen molar-refractivity contribution in [1.82, 2.24) is 0 Å². The normalized spacial score (nSPS) is 27.1. The van der Waals surface area contributed by atoms with Crippen molar-refractivity contribution < 1.29 is 14.3 Å². The average Bonchev–Trinajstić information content (AvgIpc) is 3.07. The van der Waals surface area contributed by atoms with Crippen LogP contribution in [0, 0.1) is 18.8 Å². The van der Waals surface area contributed by atoms with E-state index in [1.54, 1.807) is 0 Å². The zero-order chi connectivity index (χ0) is 18.0. The first-order chi connectivity index (χ1) is 12.0. The van der Waals surface area contributed by atoms with Crippen molar-refractivity contribution >= 4 is 11.6 Å². The van der Waals surface area contributed by atoms with Gasteiger partial charge < -0.3 is 4.74 Å². The first-order valence-electron chi connectivity index (χ1n) is 9.78. The standard InChI is InChI=1S/C22H30O3/c1-4-17-8-14(3)9-18(5-2)21(17)22-19(23)11-16(12-20(22)24)10-15-6-7-25-13-15/h8-9,15-16,22H,4-7,10-13H2,1-3H3. The molecule has 1 unspecified atom stereocenters. The predicted molar refractivity (Wildman–Crippen MR) is 99.0 cm³/mol. The van der Waals surface area contributed by atoms with Gasteiger partial charge in [0.1, 0.15) is 17.5 Å². The fourth-order valence-electron chi connectivity index (χ4n) is 4.69. The minimum atomic E-state index is -0.526. The van der Waals surface area contributed by atoms with Crippen LogP contribution in [0.5, 0.6) is 0 Å². The van der Waals surface area contributed by atoms with Crippen molar-refractivity contribution in [2.75, 3.05) is 13.2 Å². The second-order valence-electron chi connectivity index (χ2n) is 7.81. The van der Waals surface area contributed by atoms with E-state index in [9.17, 15) is 9.59 Å². The van der Waals surface area contributed by atoms with Crippen LogP contribution in [0.4, 0.5) is 0 Å².